The minimum absolute atomic E-state index is 0.781. The van der Waals surface area contributed by atoms with Gasteiger partial charge in [-0.1, -0.05) is 33.6 Å². The highest BCUT2D eigenvalue weighted by molar-refractivity contribution is 4.85. The Kier molecular flexibility index (Phi) is 5.08. The number of hydrogen-bond donors (Lipinski definition) is 0. The van der Waals surface area contributed by atoms with E-state index in [4.69, 9.17) is 0 Å². The molecular weight excluding hydrogens is 220 g/mol. The Morgan fingerprint density at radius 3 is 2.33 bits per heavy atom. The molecule has 0 aromatic rings. The largest absolute Gasteiger partial charge is 0.304 e. The molecule has 1 heterocycles. The van der Waals surface area contributed by atoms with Gasteiger partial charge in [0.2, 0.25) is 0 Å². The van der Waals surface area contributed by atoms with Crippen LogP contribution in [0.15, 0.2) is 0 Å². The summed E-state index contributed by atoms with van der Waals surface area (Å²) in [5.41, 5.74) is 0. The van der Waals surface area contributed by atoms with Crippen molar-refractivity contribution in [3.63, 3.8) is 0 Å². The van der Waals surface area contributed by atoms with Gasteiger partial charge in [0, 0.05) is 32.2 Å². The first-order valence-electron chi connectivity index (χ1n) is 7.99. The average molecular weight is 252 g/mol. The van der Waals surface area contributed by atoms with E-state index in [1.54, 1.807) is 0 Å². The van der Waals surface area contributed by atoms with Crippen LogP contribution in [0.3, 0.4) is 0 Å². The number of likely N-dealkylation sites (N-methyl/N-ethyl adjacent to an activating group) is 1. The first-order chi connectivity index (χ1) is 8.56. The SMILES string of the molecule is CC1CCC(CN2CCN(C)C[C@@H]2C(C)C)CC1. The van der Waals surface area contributed by atoms with Crippen molar-refractivity contribution in [3.8, 4) is 0 Å². The lowest BCUT2D eigenvalue weighted by atomic mass is 9.82. The van der Waals surface area contributed by atoms with E-state index in [9.17, 15) is 0 Å². The van der Waals surface area contributed by atoms with Gasteiger partial charge in [-0.3, -0.25) is 4.90 Å². The normalized spacial score (nSPS) is 36.2. The molecular formula is C16H32N2. The summed E-state index contributed by atoms with van der Waals surface area (Å²) in [7, 11) is 2.27. The summed E-state index contributed by atoms with van der Waals surface area (Å²) in [5.74, 6) is 2.75. The molecule has 106 valence electrons. The monoisotopic (exact) mass is 252 g/mol. The van der Waals surface area contributed by atoms with Crippen LogP contribution in [0.1, 0.15) is 46.5 Å². The minimum Gasteiger partial charge on any atom is -0.304 e. The fourth-order valence-electron chi connectivity index (χ4n) is 3.69. The van der Waals surface area contributed by atoms with Gasteiger partial charge >= 0.3 is 0 Å². The standard InChI is InChI=1S/C16H32N2/c1-13(2)16-12-17(4)9-10-18(16)11-15-7-5-14(3)6-8-15/h13-16H,5-12H2,1-4H3/t14?,15?,16-/m1/s1. The molecule has 0 N–H and O–H groups in total. The fraction of sp³-hybridized carbons (Fsp3) is 1.00. The van der Waals surface area contributed by atoms with E-state index in [1.807, 2.05) is 0 Å². The molecule has 1 saturated heterocycles. The summed E-state index contributed by atoms with van der Waals surface area (Å²) in [6.45, 7) is 12.4. The van der Waals surface area contributed by atoms with Crippen molar-refractivity contribution < 1.29 is 0 Å². The molecule has 0 aromatic heterocycles. The maximum atomic E-state index is 2.80. The van der Waals surface area contributed by atoms with Crippen LogP contribution in [-0.2, 0) is 0 Å². The summed E-state index contributed by atoms with van der Waals surface area (Å²) in [6, 6.07) is 0.781. The van der Waals surface area contributed by atoms with Crippen molar-refractivity contribution in [3.05, 3.63) is 0 Å². The molecule has 1 saturated carbocycles. The zero-order chi connectivity index (χ0) is 13.1. The lowest BCUT2D eigenvalue weighted by Crippen LogP contribution is -2.55. The third kappa shape index (κ3) is 3.71. The Morgan fingerprint density at radius 2 is 1.72 bits per heavy atom. The highest BCUT2D eigenvalue weighted by Gasteiger charge is 2.30. The Morgan fingerprint density at radius 1 is 1.06 bits per heavy atom. The summed E-state index contributed by atoms with van der Waals surface area (Å²) in [4.78, 5) is 5.30. The summed E-state index contributed by atoms with van der Waals surface area (Å²) in [6.07, 6.45) is 5.87. The Labute approximate surface area is 114 Å². The molecule has 0 unspecified atom stereocenters. The Balaban J connectivity index is 1.86. The molecule has 0 amide bonds. The van der Waals surface area contributed by atoms with E-state index >= 15 is 0 Å². The van der Waals surface area contributed by atoms with Crippen molar-refractivity contribution >= 4 is 0 Å². The van der Waals surface area contributed by atoms with Gasteiger partial charge < -0.3 is 4.90 Å². The van der Waals surface area contributed by atoms with Gasteiger partial charge in [-0.15, -0.1) is 0 Å². The van der Waals surface area contributed by atoms with Crippen molar-refractivity contribution in [2.24, 2.45) is 17.8 Å². The third-order valence-corrected chi connectivity index (χ3v) is 5.13. The van der Waals surface area contributed by atoms with Crippen molar-refractivity contribution in [1.82, 2.24) is 9.80 Å². The van der Waals surface area contributed by atoms with E-state index in [2.05, 4.69) is 37.6 Å². The van der Waals surface area contributed by atoms with Gasteiger partial charge in [-0.05, 0) is 37.6 Å². The van der Waals surface area contributed by atoms with Gasteiger partial charge in [0.15, 0.2) is 0 Å². The van der Waals surface area contributed by atoms with Gasteiger partial charge in [-0.2, -0.15) is 0 Å². The molecule has 0 aromatic carbocycles. The van der Waals surface area contributed by atoms with Crippen LogP contribution in [-0.4, -0.2) is 49.1 Å². The predicted octanol–water partition coefficient (Wildman–Crippen LogP) is 3.08. The molecule has 1 atom stereocenters. The van der Waals surface area contributed by atoms with Gasteiger partial charge in [0.1, 0.15) is 0 Å². The van der Waals surface area contributed by atoms with Crippen LogP contribution in [0.25, 0.3) is 0 Å². The molecule has 0 radical (unpaired) electrons. The van der Waals surface area contributed by atoms with Crippen LogP contribution < -0.4 is 0 Å². The van der Waals surface area contributed by atoms with E-state index in [0.29, 0.717) is 0 Å². The number of nitrogens with zero attached hydrogens (tertiary/aromatic N) is 2. The van der Waals surface area contributed by atoms with Crippen molar-refractivity contribution in [2.75, 3.05) is 33.2 Å². The second kappa shape index (κ2) is 6.38. The maximum Gasteiger partial charge on any atom is 0.0246 e. The molecule has 1 aliphatic heterocycles. The minimum atomic E-state index is 0.781. The summed E-state index contributed by atoms with van der Waals surface area (Å²) < 4.78 is 0. The molecule has 0 spiro atoms. The Hall–Kier alpha value is -0.0800. The first-order valence-corrected chi connectivity index (χ1v) is 7.99. The van der Waals surface area contributed by atoms with Crippen molar-refractivity contribution in [1.29, 1.82) is 0 Å². The van der Waals surface area contributed by atoms with E-state index < -0.39 is 0 Å². The second-order valence-corrected chi connectivity index (χ2v) is 7.19. The smallest absolute Gasteiger partial charge is 0.0246 e. The fourth-order valence-corrected chi connectivity index (χ4v) is 3.69. The Bertz CT molecular complexity index is 243. The second-order valence-electron chi connectivity index (χ2n) is 7.19. The highest BCUT2D eigenvalue weighted by atomic mass is 15.3. The quantitative estimate of drug-likeness (QED) is 0.761. The number of rotatable bonds is 3. The molecule has 2 fully saturated rings. The molecule has 18 heavy (non-hydrogen) atoms. The lowest BCUT2D eigenvalue weighted by molar-refractivity contribution is 0.0432. The molecule has 0 bridgehead atoms. The van der Waals surface area contributed by atoms with E-state index in [0.717, 1.165) is 23.8 Å². The molecule has 2 rings (SSSR count). The van der Waals surface area contributed by atoms with Crippen LogP contribution in [0.2, 0.25) is 0 Å². The predicted molar refractivity (Wildman–Crippen MR) is 78.8 cm³/mol. The van der Waals surface area contributed by atoms with Crippen molar-refractivity contribution in [2.45, 2.75) is 52.5 Å². The topological polar surface area (TPSA) is 6.48 Å². The van der Waals surface area contributed by atoms with Crippen LogP contribution in [0, 0.1) is 17.8 Å². The van der Waals surface area contributed by atoms with E-state index in [-0.39, 0.29) is 0 Å². The van der Waals surface area contributed by atoms with Crippen LogP contribution in [0.4, 0.5) is 0 Å². The number of hydrogen-bond acceptors (Lipinski definition) is 2. The third-order valence-electron chi connectivity index (χ3n) is 5.13. The van der Waals surface area contributed by atoms with Gasteiger partial charge in [0.25, 0.3) is 0 Å². The maximum absolute atomic E-state index is 2.80. The molecule has 2 heteroatoms. The van der Waals surface area contributed by atoms with E-state index in [1.165, 1.54) is 51.9 Å². The average Bonchev–Trinajstić information content (AvgIpc) is 2.34. The van der Waals surface area contributed by atoms with Crippen LogP contribution in [0.5, 0.6) is 0 Å². The molecule has 2 nitrogen and oxygen atoms in total. The summed E-state index contributed by atoms with van der Waals surface area (Å²) in [5, 5.41) is 0. The molecule has 2 aliphatic rings. The first kappa shape index (κ1) is 14.3. The number of piperazine rings is 1. The lowest BCUT2D eigenvalue weighted by Gasteiger charge is -2.44. The van der Waals surface area contributed by atoms with Gasteiger partial charge in [-0.25, -0.2) is 0 Å². The zero-order valence-electron chi connectivity index (χ0n) is 12.9. The van der Waals surface area contributed by atoms with Crippen LogP contribution >= 0.6 is 0 Å². The molecule has 1 aliphatic carbocycles. The zero-order valence-corrected chi connectivity index (χ0v) is 12.9. The summed E-state index contributed by atoms with van der Waals surface area (Å²) >= 11 is 0. The van der Waals surface area contributed by atoms with Gasteiger partial charge in [0.05, 0.1) is 0 Å². The highest BCUT2D eigenvalue weighted by Crippen LogP contribution is 2.30.